The molecule has 0 aliphatic carbocycles. The molecule has 0 saturated heterocycles. The Morgan fingerprint density at radius 1 is 0.957 bits per heavy atom. The van der Waals surface area contributed by atoms with E-state index in [4.69, 9.17) is 42.4 Å². The lowest BCUT2D eigenvalue weighted by Gasteiger charge is -2.26. The Labute approximate surface area is 279 Å². The average molecular weight is 672 g/mol. The molecule has 1 atom stereocenters. The van der Waals surface area contributed by atoms with Crippen molar-refractivity contribution >= 4 is 52.3 Å². The Morgan fingerprint density at radius 3 is 2.46 bits per heavy atom. The Bertz CT molecular complexity index is 2120. The molecule has 1 aromatic heterocycles. The summed E-state index contributed by atoms with van der Waals surface area (Å²) in [5.41, 5.74) is 3.52. The smallest absolute Gasteiger partial charge is 0.338 e. The number of aromatic nitrogens is 1. The van der Waals surface area contributed by atoms with Crippen LogP contribution in [0.25, 0.3) is 11.8 Å². The third-order valence-corrected chi connectivity index (χ3v) is 8.94. The predicted octanol–water partition coefficient (Wildman–Crippen LogP) is 6.83. The van der Waals surface area contributed by atoms with Crippen molar-refractivity contribution in [1.29, 1.82) is 0 Å². The van der Waals surface area contributed by atoms with E-state index in [1.165, 1.54) is 11.3 Å². The minimum atomic E-state index is -0.793. The molecule has 5 aromatic rings. The van der Waals surface area contributed by atoms with Crippen molar-refractivity contribution in [2.45, 2.75) is 19.6 Å². The number of hydrogen-bond acceptors (Lipinski definition) is 7. The maximum absolute atomic E-state index is 14.1. The molecule has 0 N–H and O–H groups in total. The number of thiazole rings is 1. The lowest BCUT2D eigenvalue weighted by Crippen LogP contribution is -2.40. The first kappa shape index (κ1) is 31.4. The van der Waals surface area contributed by atoms with Crippen LogP contribution in [-0.4, -0.2) is 24.3 Å². The molecule has 1 aliphatic rings. The maximum atomic E-state index is 14.1. The molecule has 0 spiro atoms. The highest BCUT2D eigenvalue weighted by molar-refractivity contribution is 7.07. The number of hydrogen-bond donors (Lipinski definition) is 0. The second kappa shape index (κ2) is 13.8. The number of benzene rings is 4. The largest absolute Gasteiger partial charge is 0.497 e. The van der Waals surface area contributed by atoms with E-state index in [0.717, 1.165) is 16.7 Å². The molecular formula is C36H28Cl2N2O5S. The lowest BCUT2D eigenvalue weighted by atomic mass is 9.93. The highest BCUT2D eigenvalue weighted by Gasteiger charge is 2.35. The number of fused-ring (bicyclic) bond motifs is 1. The molecule has 2 heterocycles. The van der Waals surface area contributed by atoms with E-state index < -0.39 is 12.0 Å². The van der Waals surface area contributed by atoms with Crippen molar-refractivity contribution in [3.63, 3.8) is 0 Å². The molecule has 46 heavy (non-hydrogen) atoms. The molecule has 0 bridgehead atoms. The molecular weight excluding hydrogens is 643 g/mol. The van der Waals surface area contributed by atoms with E-state index >= 15 is 0 Å². The fraction of sp³-hybridized carbons (Fsp3) is 0.139. The van der Waals surface area contributed by atoms with E-state index in [9.17, 15) is 9.59 Å². The van der Waals surface area contributed by atoms with Gasteiger partial charge < -0.3 is 14.2 Å². The SMILES string of the molecule is CCOC(=O)C1=C(c2ccccc2)N=c2s/c(=C\c3ccc(OCc4ccc(Cl)cc4Cl)cc3)c(=O)n2[C@H]1c1cccc(OC)c1. The van der Waals surface area contributed by atoms with E-state index in [1.54, 1.807) is 30.7 Å². The van der Waals surface area contributed by atoms with Gasteiger partial charge in [0, 0.05) is 21.2 Å². The lowest BCUT2D eigenvalue weighted by molar-refractivity contribution is -0.138. The summed E-state index contributed by atoms with van der Waals surface area (Å²) in [6.07, 6.45) is 1.81. The van der Waals surface area contributed by atoms with E-state index in [2.05, 4.69) is 0 Å². The van der Waals surface area contributed by atoms with Gasteiger partial charge in [-0.3, -0.25) is 9.36 Å². The summed E-state index contributed by atoms with van der Waals surface area (Å²) < 4.78 is 19.0. The van der Waals surface area contributed by atoms with Crippen LogP contribution >= 0.6 is 34.5 Å². The molecule has 0 amide bonds. The van der Waals surface area contributed by atoms with Crippen LogP contribution in [0.2, 0.25) is 10.0 Å². The van der Waals surface area contributed by atoms with Crippen LogP contribution in [0.5, 0.6) is 11.5 Å². The van der Waals surface area contributed by atoms with Crippen LogP contribution in [0.4, 0.5) is 0 Å². The van der Waals surface area contributed by atoms with Gasteiger partial charge in [-0.05, 0) is 60.5 Å². The van der Waals surface area contributed by atoms with Gasteiger partial charge in [-0.2, -0.15) is 0 Å². The quantitative estimate of drug-likeness (QED) is 0.161. The molecule has 232 valence electrons. The van der Waals surface area contributed by atoms with Gasteiger partial charge >= 0.3 is 5.97 Å². The Balaban J connectivity index is 1.43. The number of nitrogens with zero attached hydrogens (tertiary/aromatic N) is 2. The van der Waals surface area contributed by atoms with Crippen LogP contribution in [-0.2, 0) is 16.1 Å². The van der Waals surface area contributed by atoms with Crippen LogP contribution in [0.3, 0.4) is 0 Å². The number of methoxy groups -OCH3 is 1. The van der Waals surface area contributed by atoms with E-state index in [1.807, 2.05) is 91.0 Å². The summed E-state index contributed by atoms with van der Waals surface area (Å²) in [7, 11) is 1.57. The minimum Gasteiger partial charge on any atom is -0.497 e. The van der Waals surface area contributed by atoms with Gasteiger partial charge in [-0.15, -0.1) is 0 Å². The monoisotopic (exact) mass is 670 g/mol. The Morgan fingerprint density at radius 2 is 1.74 bits per heavy atom. The first-order chi connectivity index (χ1) is 22.4. The Kier molecular flexibility index (Phi) is 9.40. The van der Waals surface area contributed by atoms with Crippen molar-refractivity contribution in [2.75, 3.05) is 13.7 Å². The van der Waals surface area contributed by atoms with Crippen molar-refractivity contribution in [3.8, 4) is 11.5 Å². The summed E-state index contributed by atoms with van der Waals surface area (Å²) in [6, 6.07) is 28.7. The molecule has 0 fully saturated rings. The zero-order valence-corrected chi connectivity index (χ0v) is 27.2. The fourth-order valence-electron chi connectivity index (χ4n) is 5.18. The van der Waals surface area contributed by atoms with Gasteiger partial charge in [0.25, 0.3) is 5.56 Å². The highest BCUT2D eigenvalue weighted by atomic mass is 35.5. The number of rotatable bonds is 9. The zero-order valence-electron chi connectivity index (χ0n) is 24.9. The summed E-state index contributed by atoms with van der Waals surface area (Å²) in [5, 5.41) is 1.10. The number of ether oxygens (including phenoxy) is 3. The predicted molar refractivity (Wildman–Crippen MR) is 181 cm³/mol. The van der Waals surface area contributed by atoms with Gasteiger partial charge in [0.2, 0.25) is 0 Å². The van der Waals surface area contributed by atoms with Gasteiger partial charge in [-0.1, -0.05) is 95.2 Å². The number of carbonyl (C=O) groups is 1. The van der Waals surface area contributed by atoms with Gasteiger partial charge in [0.05, 0.1) is 35.6 Å². The van der Waals surface area contributed by atoms with Crippen LogP contribution < -0.4 is 24.4 Å². The number of carbonyl (C=O) groups excluding carboxylic acids is 1. The summed E-state index contributed by atoms with van der Waals surface area (Å²) in [6.45, 7) is 2.20. The third-order valence-electron chi connectivity index (χ3n) is 7.37. The summed E-state index contributed by atoms with van der Waals surface area (Å²) in [5.74, 6) is 0.707. The number of esters is 1. The highest BCUT2D eigenvalue weighted by Crippen LogP contribution is 2.36. The minimum absolute atomic E-state index is 0.173. The maximum Gasteiger partial charge on any atom is 0.338 e. The van der Waals surface area contributed by atoms with Crippen molar-refractivity contribution < 1.29 is 19.0 Å². The molecule has 0 radical (unpaired) electrons. The second-order valence-corrected chi connectivity index (χ2v) is 12.2. The molecule has 7 nitrogen and oxygen atoms in total. The van der Waals surface area contributed by atoms with Crippen LogP contribution in [0.1, 0.15) is 35.2 Å². The molecule has 1 aliphatic heterocycles. The van der Waals surface area contributed by atoms with Crippen molar-refractivity contribution in [2.24, 2.45) is 4.99 Å². The van der Waals surface area contributed by atoms with Crippen LogP contribution in [0.15, 0.2) is 112 Å². The average Bonchev–Trinajstić information content (AvgIpc) is 3.38. The van der Waals surface area contributed by atoms with Crippen LogP contribution in [0, 0.1) is 0 Å². The van der Waals surface area contributed by atoms with Crippen molar-refractivity contribution in [3.05, 3.63) is 155 Å². The zero-order chi connectivity index (χ0) is 32.2. The topological polar surface area (TPSA) is 79.1 Å². The van der Waals surface area contributed by atoms with E-state index in [-0.39, 0.29) is 24.3 Å². The molecule has 10 heteroatoms. The molecule has 0 unspecified atom stereocenters. The molecule has 6 rings (SSSR count). The first-order valence-electron chi connectivity index (χ1n) is 14.5. The second-order valence-electron chi connectivity index (χ2n) is 10.3. The first-order valence-corrected chi connectivity index (χ1v) is 16.0. The number of halogens is 2. The third kappa shape index (κ3) is 6.51. The van der Waals surface area contributed by atoms with Gasteiger partial charge in [0.1, 0.15) is 18.1 Å². The molecule has 4 aromatic carbocycles. The van der Waals surface area contributed by atoms with Crippen molar-refractivity contribution in [1.82, 2.24) is 4.57 Å². The summed E-state index contributed by atoms with van der Waals surface area (Å²) in [4.78, 5) is 33.1. The Hall–Kier alpha value is -4.63. The van der Waals surface area contributed by atoms with Gasteiger partial charge in [0.15, 0.2) is 4.80 Å². The fourth-order valence-corrected chi connectivity index (χ4v) is 6.64. The van der Waals surface area contributed by atoms with E-state index in [0.29, 0.717) is 42.1 Å². The molecule has 0 saturated carbocycles. The normalized spacial score (nSPS) is 14.4. The van der Waals surface area contributed by atoms with Gasteiger partial charge in [-0.25, -0.2) is 9.79 Å². The summed E-state index contributed by atoms with van der Waals surface area (Å²) >= 11 is 13.5. The standard InChI is InChI=1S/C36H28Cl2N2O5S/c1-3-44-35(42)31-32(23-8-5-4-6-9-23)39-36-40(33(31)24-10-7-11-28(19-24)43-2)34(41)30(46-36)18-22-12-16-27(17-13-22)45-21-25-14-15-26(37)20-29(25)38/h4-20,33H,3,21H2,1-2H3/b30-18-/t33-/m0/s1.